The molecule has 4 heterocycles. The predicted octanol–water partition coefficient (Wildman–Crippen LogP) is 5.96. The molecule has 2 aliphatic heterocycles. The van der Waals surface area contributed by atoms with Crippen molar-refractivity contribution < 1.29 is 33.6 Å². The fourth-order valence-electron chi connectivity index (χ4n) is 8.51. The van der Waals surface area contributed by atoms with Crippen LogP contribution in [0.2, 0.25) is 0 Å². The lowest BCUT2D eigenvalue weighted by Crippen LogP contribution is -2.46. The minimum Gasteiger partial charge on any atom is -0.361 e. The van der Waals surface area contributed by atoms with Crippen molar-refractivity contribution in [1.82, 2.24) is 25.9 Å². The average molecular weight is 807 g/mol. The maximum Gasteiger partial charge on any atom is 0.315 e. The van der Waals surface area contributed by atoms with Crippen molar-refractivity contribution in [3.63, 3.8) is 0 Å². The van der Waals surface area contributed by atoms with Gasteiger partial charge in [0.05, 0.1) is 12.1 Å². The van der Waals surface area contributed by atoms with E-state index in [-0.39, 0.29) is 41.9 Å². The van der Waals surface area contributed by atoms with Gasteiger partial charge in [-0.05, 0) is 87.8 Å². The molecule has 3 unspecified atom stereocenters. The number of Topliss-reactive ketones (excluding diaryl/α,β-unsaturated/α-hetero) is 4. The Hall–Kier alpha value is -5.50. The number of aryl methyl sites for hydroxylation is 1. The summed E-state index contributed by atoms with van der Waals surface area (Å²) < 4.78 is 0. The molecule has 3 aliphatic rings. The Labute approximate surface area is 340 Å². The van der Waals surface area contributed by atoms with Crippen LogP contribution in [0.25, 0.3) is 21.8 Å². The number of hydrogen-bond donors (Lipinski definition) is 6. The number of carbonyl (C=O) groups excluding carboxylic acids is 7. The highest BCUT2D eigenvalue weighted by molar-refractivity contribution is 8.00. The van der Waals surface area contributed by atoms with Crippen molar-refractivity contribution in [1.29, 1.82) is 0 Å². The van der Waals surface area contributed by atoms with Crippen molar-refractivity contribution in [3.05, 3.63) is 76.6 Å². The zero-order chi connectivity index (χ0) is 41.1. The number of nitrogens with one attached hydrogen (secondary N) is 6. The first-order valence-corrected chi connectivity index (χ1v) is 21.2. The van der Waals surface area contributed by atoms with Gasteiger partial charge < -0.3 is 31.2 Å². The van der Waals surface area contributed by atoms with Crippen molar-refractivity contribution in [2.75, 3.05) is 17.6 Å². The van der Waals surface area contributed by atoms with E-state index < -0.39 is 35.0 Å². The Morgan fingerprint density at radius 2 is 1.59 bits per heavy atom. The van der Waals surface area contributed by atoms with Gasteiger partial charge in [-0.25, -0.2) is 4.79 Å². The van der Waals surface area contributed by atoms with Gasteiger partial charge >= 0.3 is 6.03 Å². The summed E-state index contributed by atoms with van der Waals surface area (Å²) in [6.07, 6.45) is 9.79. The lowest BCUT2D eigenvalue weighted by Gasteiger charge is -2.24. The number of urea groups is 1. The molecule has 3 atom stereocenters. The standard InChI is InChI=1S/C44H50N6O7S/c1-23(2)15-16-25-10-9-11-27-29(21-46-38(25)27)36-40(53)42(55)37(43(56)41(36)54)35-24(3)47-30-18-17-26(20-28(30)35)48-34(52)14-5-4-8-19-45-33(51)13-7-6-12-32-39-31(22-58-32)49-44(57)50-39/h9-11,15,17-18,20-21,31-32,36-37,39,46-47H,4-8,12-14,16,19,22H2,1-3H3,(H,45,51)(H,48,52)(H2,49,50,57). The minimum absolute atomic E-state index is 0.0177. The Kier molecular flexibility index (Phi) is 12.3. The first-order valence-electron chi connectivity index (χ1n) is 20.2. The number of rotatable bonds is 16. The number of thioether (sulfide) groups is 1. The van der Waals surface area contributed by atoms with E-state index in [0.29, 0.717) is 64.3 Å². The van der Waals surface area contributed by atoms with Crippen LogP contribution >= 0.6 is 11.8 Å². The monoisotopic (exact) mass is 806 g/mol. The number of hydrogen-bond acceptors (Lipinski definition) is 8. The van der Waals surface area contributed by atoms with E-state index in [4.69, 9.17) is 0 Å². The highest BCUT2D eigenvalue weighted by Gasteiger charge is 2.51. The molecule has 58 heavy (non-hydrogen) atoms. The van der Waals surface area contributed by atoms with Crippen molar-refractivity contribution in [3.8, 4) is 0 Å². The smallest absolute Gasteiger partial charge is 0.315 e. The second-order valence-corrected chi connectivity index (χ2v) is 17.2. The molecular weight excluding hydrogens is 757 g/mol. The van der Waals surface area contributed by atoms with Gasteiger partial charge in [-0.3, -0.25) is 28.8 Å². The number of amides is 4. The van der Waals surface area contributed by atoms with Gasteiger partial charge in [0.1, 0.15) is 11.8 Å². The third-order valence-electron chi connectivity index (χ3n) is 11.5. The summed E-state index contributed by atoms with van der Waals surface area (Å²) in [5.74, 6) is -6.10. The van der Waals surface area contributed by atoms with Crippen LogP contribution in [0.5, 0.6) is 0 Å². The number of aromatic amines is 2. The molecule has 304 valence electrons. The molecule has 6 N–H and O–H groups in total. The number of fused-ring (bicyclic) bond motifs is 3. The number of unbranched alkanes of at least 4 members (excludes halogenated alkanes) is 3. The molecule has 2 saturated heterocycles. The molecule has 14 heteroatoms. The van der Waals surface area contributed by atoms with Gasteiger partial charge in [-0.15, -0.1) is 0 Å². The summed E-state index contributed by atoms with van der Waals surface area (Å²) in [6.45, 7) is 6.23. The average Bonchev–Trinajstić information content (AvgIpc) is 3.96. The molecule has 1 aliphatic carbocycles. The number of allylic oxidation sites excluding steroid dienone is 2. The summed E-state index contributed by atoms with van der Waals surface area (Å²) in [6, 6.07) is 11.0. The fourth-order valence-corrected chi connectivity index (χ4v) is 10.1. The summed E-state index contributed by atoms with van der Waals surface area (Å²) in [4.78, 5) is 98.3. The van der Waals surface area contributed by atoms with Gasteiger partial charge in [0.2, 0.25) is 34.9 Å². The zero-order valence-electron chi connectivity index (χ0n) is 33.0. The van der Waals surface area contributed by atoms with Crippen molar-refractivity contribution >= 4 is 80.2 Å². The molecule has 1 saturated carbocycles. The molecule has 4 aromatic rings. The van der Waals surface area contributed by atoms with E-state index in [1.807, 2.05) is 37.7 Å². The van der Waals surface area contributed by atoms with E-state index in [9.17, 15) is 33.6 Å². The summed E-state index contributed by atoms with van der Waals surface area (Å²) in [5.41, 5.74) is 4.96. The van der Waals surface area contributed by atoms with Crippen LogP contribution < -0.4 is 21.3 Å². The summed E-state index contributed by atoms with van der Waals surface area (Å²) in [7, 11) is 0. The molecule has 13 nitrogen and oxygen atoms in total. The Balaban J connectivity index is 0.898. The quantitative estimate of drug-likeness (QED) is 0.0262. The van der Waals surface area contributed by atoms with E-state index in [1.54, 1.807) is 37.4 Å². The summed E-state index contributed by atoms with van der Waals surface area (Å²) in [5, 5.41) is 13.3. The number of para-hydroxylation sites is 1. The van der Waals surface area contributed by atoms with E-state index in [0.717, 1.165) is 54.5 Å². The van der Waals surface area contributed by atoms with Crippen LogP contribution in [0, 0.1) is 6.92 Å². The van der Waals surface area contributed by atoms with E-state index >= 15 is 0 Å². The first-order chi connectivity index (χ1) is 27.9. The number of anilines is 1. The summed E-state index contributed by atoms with van der Waals surface area (Å²) >= 11 is 1.88. The van der Waals surface area contributed by atoms with E-state index in [1.165, 1.54) is 0 Å². The molecule has 0 radical (unpaired) electrons. The Bertz CT molecular complexity index is 2310. The Morgan fingerprint density at radius 3 is 2.36 bits per heavy atom. The topological polar surface area (TPSA) is 199 Å². The zero-order valence-corrected chi connectivity index (χ0v) is 33.9. The number of aromatic nitrogens is 2. The number of ketones is 4. The maximum atomic E-state index is 13.8. The molecule has 2 aromatic carbocycles. The van der Waals surface area contributed by atoms with Gasteiger partial charge in [-0.2, -0.15) is 11.8 Å². The second-order valence-electron chi connectivity index (χ2n) is 15.9. The molecular formula is C44H50N6O7S. The molecule has 0 spiro atoms. The van der Waals surface area contributed by atoms with Gasteiger partial charge in [0.25, 0.3) is 0 Å². The molecule has 2 aromatic heterocycles. The van der Waals surface area contributed by atoms with Crippen LogP contribution in [-0.2, 0) is 35.2 Å². The highest BCUT2D eigenvalue weighted by atomic mass is 32.2. The predicted molar refractivity (Wildman–Crippen MR) is 224 cm³/mol. The van der Waals surface area contributed by atoms with Crippen LogP contribution in [-0.4, -0.2) is 80.6 Å². The molecule has 7 rings (SSSR count). The largest absolute Gasteiger partial charge is 0.361 e. The third-order valence-corrected chi connectivity index (χ3v) is 13.0. The molecule has 0 bridgehead atoms. The third kappa shape index (κ3) is 8.52. The van der Waals surface area contributed by atoms with Gasteiger partial charge in [0, 0.05) is 69.8 Å². The highest BCUT2D eigenvalue weighted by Crippen LogP contribution is 2.40. The van der Waals surface area contributed by atoms with Gasteiger partial charge in [-0.1, -0.05) is 42.7 Å². The Morgan fingerprint density at radius 1 is 0.845 bits per heavy atom. The number of carbonyl (C=O) groups is 7. The maximum absolute atomic E-state index is 13.8. The minimum atomic E-state index is -1.59. The van der Waals surface area contributed by atoms with Crippen LogP contribution in [0.4, 0.5) is 10.5 Å². The lowest BCUT2D eigenvalue weighted by molar-refractivity contribution is -0.150. The van der Waals surface area contributed by atoms with Crippen molar-refractivity contribution in [2.45, 2.75) is 108 Å². The SMILES string of the molecule is CC(C)=CCc1cccc2c(C3C(=O)C(=O)C(c4c(C)[nH]c5ccc(NC(=O)CCCCCNC(=O)CCCCC6SCC7NC(=O)NC76)cc45)C(=O)C3=O)c[nH]c12. The van der Waals surface area contributed by atoms with E-state index in [2.05, 4.69) is 37.3 Å². The second kappa shape index (κ2) is 17.6. The normalized spacial score (nSPS) is 21.6. The fraction of sp³-hybridized carbons (Fsp3) is 0.432. The van der Waals surface area contributed by atoms with Crippen LogP contribution in [0.3, 0.4) is 0 Å². The molecule has 3 fully saturated rings. The van der Waals surface area contributed by atoms with Crippen LogP contribution in [0.15, 0.2) is 54.2 Å². The van der Waals surface area contributed by atoms with Crippen LogP contribution in [0.1, 0.15) is 99.4 Å². The first kappa shape index (κ1) is 40.7. The van der Waals surface area contributed by atoms with Gasteiger partial charge in [0.15, 0.2) is 0 Å². The van der Waals surface area contributed by atoms with Crippen molar-refractivity contribution in [2.24, 2.45) is 0 Å². The lowest BCUT2D eigenvalue weighted by atomic mass is 9.72. The number of H-pyrrole nitrogens is 2. The molecule has 4 amide bonds. The number of benzene rings is 2.